The molecule has 0 aliphatic heterocycles. The molecule has 0 aliphatic carbocycles. The number of hydrogen-bond acceptors (Lipinski definition) is 3. The van der Waals surface area contributed by atoms with Crippen LogP contribution < -0.4 is 0 Å². The first kappa shape index (κ1) is 23.1. The minimum absolute atomic E-state index is 0.251. The number of unbranched alkanes of at least 4 members (excludes halogenated alkanes) is 6. The predicted molar refractivity (Wildman–Crippen MR) is 94.4 cm³/mol. The molecule has 0 bridgehead atoms. The summed E-state index contributed by atoms with van der Waals surface area (Å²) in [6, 6.07) is 0. The number of nitrogens with zero attached hydrogens (tertiary/aromatic N) is 1. The average molecular weight is 358 g/mol. The molecule has 0 unspecified atom stereocenters. The average Bonchev–Trinajstić information content (AvgIpc) is 2.47. The highest BCUT2D eigenvalue weighted by atomic mass is 16.4. The molecule has 7 heteroatoms. The predicted octanol–water partition coefficient (Wildman–Crippen LogP) is 2.75. The Morgan fingerprint density at radius 1 is 0.720 bits per heavy atom. The van der Waals surface area contributed by atoms with E-state index in [1.807, 2.05) is 0 Å². The van der Waals surface area contributed by atoms with Crippen LogP contribution in [-0.2, 0) is 14.4 Å². The number of quaternary nitrogens is 1. The van der Waals surface area contributed by atoms with Gasteiger partial charge in [0, 0.05) is 0 Å². The summed E-state index contributed by atoms with van der Waals surface area (Å²) < 4.78 is -0.445. The Morgan fingerprint density at radius 3 is 1.64 bits per heavy atom. The highest BCUT2D eigenvalue weighted by Gasteiger charge is 2.35. The second kappa shape index (κ2) is 13.4. The van der Waals surface area contributed by atoms with Crippen molar-refractivity contribution in [1.29, 1.82) is 0 Å². The van der Waals surface area contributed by atoms with Crippen molar-refractivity contribution in [2.75, 3.05) is 26.2 Å². The van der Waals surface area contributed by atoms with Crippen LogP contribution in [-0.4, -0.2) is 63.9 Å². The Morgan fingerprint density at radius 2 is 1.16 bits per heavy atom. The fourth-order valence-electron chi connectivity index (χ4n) is 2.91. The molecule has 0 aromatic heterocycles. The van der Waals surface area contributed by atoms with Crippen LogP contribution >= 0.6 is 0 Å². The molecule has 0 amide bonds. The molecular formula is C18H32NO6+. The molecule has 0 radical (unpaired) electrons. The summed E-state index contributed by atoms with van der Waals surface area (Å²) in [5.41, 5.74) is 0. The van der Waals surface area contributed by atoms with E-state index in [2.05, 4.69) is 19.1 Å². The smallest absolute Gasteiger partial charge is 0.359 e. The van der Waals surface area contributed by atoms with Crippen LogP contribution in [0.15, 0.2) is 12.2 Å². The van der Waals surface area contributed by atoms with Gasteiger partial charge in [-0.1, -0.05) is 38.3 Å². The molecule has 7 nitrogen and oxygen atoms in total. The van der Waals surface area contributed by atoms with Gasteiger partial charge in [0.1, 0.15) is 0 Å². The van der Waals surface area contributed by atoms with E-state index in [0.29, 0.717) is 6.42 Å². The summed E-state index contributed by atoms with van der Waals surface area (Å²) in [6.07, 6.45) is 12.3. The van der Waals surface area contributed by atoms with Gasteiger partial charge >= 0.3 is 17.9 Å². The normalized spacial score (nSPS) is 11.7. The SMILES string of the molecule is CCC/C=C/CCCCCCC[N+](CC(=O)O)(CC(=O)O)CC(=O)O. The molecule has 0 atom stereocenters. The van der Waals surface area contributed by atoms with Crippen molar-refractivity contribution >= 4 is 17.9 Å². The molecular weight excluding hydrogens is 326 g/mol. The zero-order chi connectivity index (χ0) is 19.1. The number of hydrogen-bond donors (Lipinski definition) is 3. The van der Waals surface area contributed by atoms with Crippen LogP contribution in [0.25, 0.3) is 0 Å². The van der Waals surface area contributed by atoms with Crippen LogP contribution in [0.4, 0.5) is 0 Å². The van der Waals surface area contributed by atoms with Gasteiger partial charge in [0.05, 0.1) is 6.54 Å². The van der Waals surface area contributed by atoms with E-state index >= 15 is 0 Å². The van der Waals surface area contributed by atoms with E-state index in [9.17, 15) is 14.4 Å². The van der Waals surface area contributed by atoms with Crippen molar-refractivity contribution in [3.05, 3.63) is 12.2 Å². The van der Waals surface area contributed by atoms with Crippen molar-refractivity contribution in [1.82, 2.24) is 0 Å². The molecule has 0 spiro atoms. The number of allylic oxidation sites excluding steroid dienone is 2. The molecule has 0 saturated carbocycles. The van der Waals surface area contributed by atoms with Gasteiger partial charge < -0.3 is 15.3 Å². The van der Waals surface area contributed by atoms with Gasteiger partial charge in [-0.15, -0.1) is 0 Å². The maximum atomic E-state index is 11.1. The molecule has 0 rings (SSSR count). The van der Waals surface area contributed by atoms with Gasteiger partial charge in [0.2, 0.25) is 0 Å². The van der Waals surface area contributed by atoms with E-state index in [-0.39, 0.29) is 6.54 Å². The Labute approximate surface area is 149 Å². The lowest BCUT2D eigenvalue weighted by molar-refractivity contribution is -0.907. The minimum Gasteiger partial charge on any atom is -0.477 e. The summed E-state index contributed by atoms with van der Waals surface area (Å²) in [5, 5.41) is 27.1. The van der Waals surface area contributed by atoms with Crippen LogP contribution in [0.3, 0.4) is 0 Å². The van der Waals surface area contributed by atoms with Gasteiger partial charge in [-0.25, -0.2) is 14.4 Å². The van der Waals surface area contributed by atoms with Gasteiger partial charge in [0.25, 0.3) is 0 Å². The minimum atomic E-state index is -1.18. The third kappa shape index (κ3) is 13.1. The van der Waals surface area contributed by atoms with E-state index in [4.69, 9.17) is 15.3 Å². The van der Waals surface area contributed by atoms with Gasteiger partial charge in [0.15, 0.2) is 19.6 Å². The maximum Gasteiger partial charge on any atom is 0.359 e. The quantitative estimate of drug-likeness (QED) is 0.222. The fourth-order valence-corrected chi connectivity index (χ4v) is 2.91. The van der Waals surface area contributed by atoms with E-state index < -0.39 is 42.0 Å². The number of carbonyl (C=O) groups is 3. The summed E-state index contributed by atoms with van der Waals surface area (Å²) >= 11 is 0. The summed E-state index contributed by atoms with van der Waals surface area (Å²) in [5.74, 6) is -3.54. The van der Waals surface area contributed by atoms with Gasteiger partial charge in [-0.2, -0.15) is 0 Å². The van der Waals surface area contributed by atoms with Crippen molar-refractivity contribution < 1.29 is 34.2 Å². The van der Waals surface area contributed by atoms with E-state index in [1.165, 1.54) is 0 Å². The van der Waals surface area contributed by atoms with Gasteiger partial charge in [-0.3, -0.25) is 4.48 Å². The van der Waals surface area contributed by atoms with Crippen molar-refractivity contribution in [3.63, 3.8) is 0 Å². The van der Waals surface area contributed by atoms with E-state index in [0.717, 1.165) is 44.9 Å². The first-order valence-corrected chi connectivity index (χ1v) is 8.97. The highest BCUT2D eigenvalue weighted by Crippen LogP contribution is 2.13. The summed E-state index contributed by atoms with van der Waals surface area (Å²) in [4.78, 5) is 33.2. The number of carboxylic acids is 3. The van der Waals surface area contributed by atoms with Gasteiger partial charge in [-0.05, 0) is 32.1 Å². The standard InChI is InChI=1S/C18H31NO6/c1-2-3-4-5-6-7-8-9-10-11-12-19(13-16(20)21,14-17(22)23)15-18(24)25/h4-5H,2-3,6-15H2,1H3,(H2-,20,21,22,23,24,25)/p+1/b5-4+. The van der Waals surface area contributed by atoms with Crippen molar-refractivity contribution in [2.45, 2.75) is 58.3 Å². The topological polar surface area (TPSA) is 112 Å². The Kier molecular flexibility index (Phi) is 12.4. The summed E-state index contributed by atoms with van der Waals surface area (Å²) in [6.45, 7) is 0.936. The van der Waals surface area contributed by atoms with Crippen LogP contribution in [0.2, 0.25) is 0 Å². The Bertz CT molecular complexity index is 406. The molecule has 0 fully saturated rings. The molecule has 144 valence electrons. The van der Waals surface area contributed by atoms with Crippen molar-refractivity contribution in [2.24, 2.45) is 0 Å². The number of rotatable bonds is 16. The van der Waals surface area contributed by atoms with Crippen LogP contribution in [0.5, 0.6) is 0 Å². The van der Waals surface area contributed by atoms with E-state index in [1.54, 1.807) is 0 Å². The molecule has 0 heterocycles. The number of aliphatic carboxylic acids is 3. The second-order valence-electron chi connectivity index (χ2n) is 6.54. The molecule has 0 aromatic carbocycles. The second-order valence-corrected chi connectivity index (χ2v) is 6.54. The lowest BCUT2D eigenvalue weighted by Gasteiger charge is -2.34. The lowest BCUT2D eigenvalue weighted by atomic mass is 10.1. The zero-order valence-corrected chi connectivity index (χ0v) is 15.2. The van der Waals surface area contributed by atoms with Crippen LogP contribution in [0.1, 0.15) is 58.3 Å². The van der Waals surface area contributed by atoms with Crippen molar-refractivity contribution in [3.8, 4) is 0 Å². The largest absolute Gasteiger partial charge is 0.477 e. The molecule has 25 heavy (non-hydrogen) atoms. The molecule has 3 N–H and O–H groups in total. The molecule has 0 aromatic rings. The fraction of sp³-hybridized carbons (Fsp3) is 0.722. The zero-order valence-electron chi connectivity index (χ0n) is 15.2. The lowest BCUT2D eigenvalue weighted by Crippen LogP contribution is -2.57. The maximum absolute atomic E-state index is 11.1. The summed E-state index contributed by atoms with van der Waals surface area (Å²) in [7, 11) is 0. The monoisotopic (exact) mass is 358 g/mol. The first-order chi connectivity index (χ1) is 11.8. The molecule has 0 saturated heterocycles. The third-order valence-electron chi connectivity index (χ3n) is 4.04. The highest BCUT2D eigenvalue weighted by molar-refractivity contribution is 5.73. The third-order valence-corrected chi connectivity index (χ3v) is 4.04. The van der Waals surface area contributed by atoms with Crippen LogP contribution in [0, 0.1) is 0 Å². The number of carboxylic acid groups (broad SMARTS) is 3. The first-order valence-electron chi connectivity index (χ1n) is 8.97. The Hall–Kier alpha value is -1.89. The molecule has 0 aliphatic rings. The Balaban J connectivity index is 4.30.